The second-order valence-electron chi connectivity index (χ2n) is 9.28. The summed E-state index contributed by atoms with van der Waals surface area (Å²) in [5, 5.41) is 8.67. The first kappa shape index (κ1) is 20.9. The van der Waals surface area contributed by atoms with E-state index in [1.807, 2.05) is 49.1 Å². The fraction of sp³-hybridized carbons (Fsp3) is 0.179. The molecule has 2 N–H and O–H groups in total. The molecule has 0 spiro atoms. The standard InChI is InChI=1S/C28H24N8/c1-2-10-36(9-1)17-18-11-20(15-30-13-18)24-12-22-25(16-31-24)34-35-27(22)28-32-23-7-3-6-21(26(23)33-28)19-5-4-8-29-14-19/h3-8,11-16H,1-2,9-10,17H2,(H,32,33)(H,34,35). The molecule has 8 heteroatoms. The monoisotopic (exact) mass is 472 g/mol. The Morgan fingerprint density at radius 2 is 1.78 bits per heavy atom. The maximum atomic E-state index is 4.95. The topological polar surface area (TPSA) is 99.3 Å². The van der Waals surface area contributed by atoms with Gasteiger partial charge in [0, 0.05) is 53.4 Å². The third-order valence-corrected chi connectivity index (χ3v) is 6.85. The van der Waals surface area contributed by atoms with Crippen LogP contribution in [0, 0.1) is 0 Å². The quantitative estimate of drug-likeness (QED) is 0.357. The van der Waals surface area contributed by atoms with E-state index in [9.17, 15) is 0 Å². The number of nitrogens with one attached hydrogen (secondary N) is 2. The number of imidazole rings is 1. The Labute approximate surface area is 207 Å². The maximum Gasteiger partial charge on any atom is 0.159 e. The van der Waals surface area contributed by atoms with Crippen molar-refractivity contribution in [3.05, 3.63) is 79.0 Å². The van der Waals surface area contributed by atoms with E-state index in [1.54, 1.807) is 6.20 Å². The Hall–Kier alpha value is -4.43. The molecule has 0 atom stereocenters. The van der Waals surface area contributed by atoms with Gasteiger partial charge in [-0.2, -0.15) is 5.10 Å². The van der Waals surface area contributed by atoms with Crippen molar-refractivity contribution in [1.82, 2.24) is 40.0 Å². The molecule has 176 valence electrons. The van der Waals surface area contributed by atoms with Crippen molar-refractivity contribution < 1.29 is 0 Å². The van der Waals surface area contributed by atoms with Crippen molar-refractivity contribution in [1.29, 1.82) is 0 Å². The molecule has 0 unspecified atom stereocenters. The summed E-state index contributed by atoms with van der Waals surface area (Å²) in [6.07, 6.45) is 11.9. The van der Waals surface area contributed by atoms with E-state index in [0.29, 0.717) is 5.82 Å². The highest BCUT2D eigenvalue weighted by Crippen LogP contribution is 2.32. The summed E-state index contributed by atoms with van der Waals surface area (Å²) in [7, 11) is 0. The van der Waals surface area contributed by atoms with Gasteiger partial charge < -0.3 is 4.98 Å². The molecule has 8 nitrogen and oxygen atoms in total. The number of pyridine rings is 3. The van der Waals surface area contributed by atoms with Gasteiger partial charge in [0.1, 0.15) is 5.69 Å². The predicted octanol–water partition coefficient (Wildman–Crippen LogP) is 5.22. The first-order chi connectivity index (χ1) is 17.8. The van der Waals surface area contributed by atoms with Crippen LogP contribution in [0.2, 0.25) is 0 Å². The van der Waals surface area contributed by atoms with Crippen LogP contribution < -0.4 is 0 Å². The largest absolute Gasteiger partial charge is 0.337 e. The zero-order valence-corrected chi connectivity index (χ0v) is 19.6. The number of para-hydroxylation sites is 1. The molecule has 6 aromatic rings. The second kappa shape index (κ2) is 8.66. The second-order valence-corrected chi connectivity index (χ2v) is 9.28. The van der Waals surface area contributed by atoms with Crippen molar-refractivity contribution >= 4 is 21.9 Å². The number of rotatable bonds is 5. The van der Waals surface area contributed by atoms with Crippen LogP contribution in [0.15, 0.2) is 73.4 Å². The molecule has 0 radical (unpaired) electrons. The summed E-state index contributed by atoms with van der Waals surface area (Å²) < 4.78 is 0. The summed E-state index contributed by atoms with van der Waals surface area (Å²) in [6, 6.07) is 14.4. The number of hydrogen-bond donors (Lipinski definition) is 2. The normalized spacial score (nSPS) is 14.2. The lowest BCUT2D eigenvalue weighted by molar-refractivity contribution is 0.331. The summed E-state index contributed by atoms with van der Waals surface area (Å²) in [4.78, 5) is 24.4. The molecule has 36 heavy (non-hydrogen) atoms. The summed E-state index contributed by atoms with van der Waals surface area (Å²) in [5.41, 5.74) is 8.62. The van der Waals surface area contributed by atoms with E-state index < -0.39 is 0 Å². The number of fused-ring (bicyclic) bond motifs is 2. The average Bonchev–Trinajstić information content (AvgIpc) is 3.68. The van der Waals surface area contributed by atoms with Gasteiger partial charge in [0.25, 0.3) is 0 Å². The SMILES string of the molecule is c1cncc(-c2cccc3[nH]c(-c4n[nH]c5cnc(-c6cncc(CN7CCCC7)c6)cc45)nc23)c1. The molecule has 7 rings (SSSR count). The Bertz CT molecular complexity index is 1680. The van der Waals surface area contributed by atoms with Gasteiger partial charge in [-0.3, -0.25) is 25.0 Å². The van der Waals surface area contributed by atoms with E-state index >= 15 is 0 Å². The minimum absolute atomic E-state index is 0.714. The molecular formula is C28H24N8. The summed E-state index contributed by atoms with van der Waals surface area (Å²) >= 11 is 0. The first-order valence-electron chi connectivity index (χ1n) is 12.2. The fourth-order valence-electron chi connectivity index (χ4n) is 5.07. The van der Waals surface area contributed by atoms with Gasteiger partial charge >= 0.3 is 0 Å². The van der Waals surface area contributed by atoms with E-state index in [1.165, 1.54) is 18.4 Å². The molecule has 0 bridgehead atoms. The van der Waals surface area contributed by atoms with Crippen LogP contribution in [0.5, 0.6) is 0 Å². The van der Waals surface area contributed by atoms with Crippen molar-refractivity contribution in [2.24, 2.45) is 0 Å². The third-order valence-electron chi connectivity index (χ3n) is 6.85. The van der Waals surface area contributed by atoms with E-state index in [2.05, 4.69) is 48.2 Å². The van der Waals surface area contributed by atoms with Crippen molar-refractivity contribution in [2.75, 3.05) is 13.1 Å². The predicted molar refractivity (Wildman–Crippen MR) is 140 cm³/mol. The number of nitrogens with zero attached hydrogens (tertiary/aromatic N) is 6. The molecule has 0 saturated carbocycles. The lowest BCUT2D eigenvalue weighted by Crippen LogP contribution is -2.18. The van der Waals surface area contributed by atoms with Crippen molar-refractivity contribution in [3.63, 3.8) is 0 Å². The van der Waals surface area contributed by atoms with E-state index in [4.69, 9.17) is 9.97 Å². The van der Waals surface area contributed by atoms with Gasteiger partial charge in [-0.05, 0) is 55.8 Å². The molecule has 0 amide bonds. The van der Waals surface area contributed by atoms with Crippen LogP contribution in [0.25, 0.3) is 55.8 Å². The molecule has 1 aromatic carbocycles. The number of aromatic nitrogens is 7. The van der Waals surface area contributed by atoms with E-state index in [-0.39, 0.29) is 0 Å². The lowest BCUT2D eigenvalue weighted by Gasteiger charge is -2.14. The van der Waals surface area contributed by atoms with Crippen LogP contribution in [-0.4, -0.2) is 53.1 Å². The minimum atomic E-state index is 0.714. The third kappa shape index (κ3) is 3.72. The maximum absolute atomic E-state index is 4.95. The number of H-pyrrole nitrogens is 2. The molecular weight excluding hydrogens is 448 g/mol. The molecule has 1 aliphatic rings. The van der Waals surface area contributed by atoms with Gasteiger partial charge in [-0.1, -0.05) is 18.2 Å². The molecule has 0 aliphatic carbocycles. The van der Waals surface area contributed by atoms with Gasteiger partial charge in [0.2, 0.25) is 0 Å². The molecule has 1 aliphatic heterocycles. The van der Waals surface area contributed by atoms with Crippen LogP contribution in [0.4, 0.5) is 0 Å². The zero-order valence-electron chi connectivity index (χ0n) is 19.6. The van der Waals surface area contributed by atoms with E-state index in [0.717, 1.165) is 69.6 Å². The minimum Gasteiger partial charge on any atom is -0.337 e. The van der Waals surface area contributed by atoms with Crippen LogP contribution >= 0.6 is 0 Å². The first-order valence-corrected chi connectivity index (χ1v) is 12.2. The molecule has 6 heterocycles. The average molecular weight is 473 g/mol. The van der Waals surface area contributed by atoms with Crippen LogP contribution in [-0.2, 0) is 6.54 Å². The highest BCUT2D eigenvalue weighted by atomic mass is 15.1. The van der Waals surface area contributed by atoms with Gasteiger partial charge in [-0.15, -0.1) is 0 Å². The van der Waals surface area contributed by atoms with Crippen molar-refractivity contribution in [3.8, 4) is 33.9 Å². The fourth-order valence-corrected chi connectivity index (χ4v) is 5.07. The Morgan fingerprint density at radius 1 is 0.861 bits per heavy atom. The lowest BCUT2D eigenvalue weighted by atomic mass is 10.1. The smallest absolute Gasteiger partial charge is 0.159 e. The Balaban J connectivity index is 1.28. The number of hydrogen-bond acceptors (Lipinski definition) is 6. The number of aromatic amines is 2. The zero-order chi connectivity index (χ0) is 23.9. The highest BCUT2D eigenvalue weighted by Gasteiger charge is 2.17. The Morgan fingerprint density at radius 3 is 2.67 bits per heavy atom. The number of benzene rings is 1. The van der Waals surface area contributed by atoms with Crippen LogP contribution in [0.1, 0.15) is 18.4 Å². The van der Waals surface area contributed by atoms with Gasteiger partial charge in [0.05, 0.1) is 28.4 Å². The highest BCUT2D eigenvalue weighted by molar-refractivity contribution is 5.97. The molecule has 5 aromatic heterocycles. The number of likely N-dealkylation sites (tertiary alicyclic amines) is 1. The van der Waals surface area contributed by atoms with Gasteiger partial charge in [0.15, 0.2) is 5.82 Å². The Kier molecular flexibility index (Phi) is 5.03. The summed E-state index contributed by atoms with van der Waals surface area (Å²) in [5.74, 6) is 0.714. The van der Waals surface area contributed by atoms with Gasteiger partial charge in [-0.25, -0.2) is 4.98 Å². The molecule has 1 fully saturated rings. The van der Waals surface area contributed by atoms with Crippen LogP contribution in [0.3, 0.4) is 0 Å². The summed E-state index contributed by atoms with van der Waals surface area (Å²) in [6.45, 7) is 3.25. The molecule has 1 saturated heterocycles. The van der Waals surface area contributed by atoms with Crippen molar-refractivity contribution in [2.45, 2.75) is 19.4 Å².